The normalized spacial score (nSPS) is 18.9. The summed E-state index contributed by atoms with van der Waals surface area (Å²) < 4.78 is 2.03. The standard InChI is InChI=1S/C16H21N3/c1-12-5-3-6-13(9-12)15-11-18-19(2)16(15)10-14-7-4-8-17-14/h3,5-6,9,11,14,17H,4,7-8,10H2,1-2H3. The molecule has 0 radical (unpaired) electrons. The summed E-state index contributed by atoms with van der Waals surface area (Å²) in [5.74, 6) is 0. The van der Waals surface area contributed by atoms with Gasteiger partial charge in [0.1, 0.15) is 0 Å². The van der Waals surface area contributed by atoms with Crippen LogP contribution in [0.15, 0.2) is 30.5 Å². The highest BCUT2D eigenvalue weighted by Gasteiger charge is 2.19. The van der Waals surface area contributed by atoms with Gasteiger partial charge in [0.2, 0.25) is 0 Å². The average molecular weight is 255 g/mol. The van der Waals surface area contributed by atoms with Crippen molar-refractivity contribution < 1.29 is 0 Å². The van der Waals surface area contributed by atoms with E-state index in [0.717, 1.165) is 13.0 Å². The minimum atomic E-state index is 0.610. The van der Waals surface area contributed by atoms with Crippen molar-refractivity contribution in [3.05, 3.63) is 41.7 Å². The number of aromatic nitrogens is 2. The molecule has 1 saturated heterocycles. The van der Waals surface area contributed by atoms with E-state index >= 15 is 0 Å². The van der Waals surface area contributed by atoms with Gasteiger partial charge in [-0.1, -0.05) is 29.8 Å². The molecule has 1 aliphatic rings. The summed E-state index contributed by atoms with van der Waals surface area (Å²) in [5.41, 5.74) is 5.19. The first-order chi connectivity index (χ1) is 9.24. The van der Waals surface area contributed by atoms with Crippen molar-refractivity contribution in [3.8, 4) is 11.1 Å². The molecule has 1 aliphatic heterocycles. The number of nitrogens with one attached hydrogen (secondary N) is 1. The summed E-state index contributed by atoms with van der Waals surface area (Å²) in [6.07, 6.45) is 5.64. The molecule has 1 aromatic heterocycles. The monoisotopic (exact) mass is 255 g/mol. The fraction of sp³-hybridized carbons (Fsp3) is 0.438. The largest absolute Gasteiger partial charge is 0.314 e. The van der Waals surface area contributed by atoms with Gasteiger partial charge in [-0.2, -0.15) is 5.10 Å². The summed E-state index contributed by atoms with van der Waals surface area (Å²) in [6.45, 7) is 3.29. The van der Waals surface area contributed by atoms with E-state index in [4.69, 9.17) is 0 Å². The van der Waals surface area contributed by atoms with Crippen molar-refractivity contribution in [1.82, 2.24) is 15.1 Å². The molecule has 0 aliphatic carbocycles. The first-order valence-corrected chi connectivity index (χ1v) is 7.05. The predicted molar refractivity (Wildman–Crippen MR) is 78.1 cm³/mol. The lowest BCUT2D eigenvalue weighted by Gasteiger charge is -2.12. The Labute approximate surface area is 114 Å². The highest BCUT2D eigenvalue weighted by Crippen LogP contribution is 2.26. The number of hydrogen-bond donors (Lipinski definition) is 1. The van der Waals surface area contributed by atoms with E-state index in [9.17, 15) is 0 Å². The molecule has 2 heterocycles. The molecule has 1 fully saturated rings. The van der Waals surface area contributed by atoms with E-state index in [0.29, 0.717) is 6.04 Å². The van der Waals surface area contributed by atoms with Crippen molar-refractivity contribution in [2.45, 2.75) is 32.2 Å². The molecular formula is C16H21N3. The third-order valence-electron chi connectivity index (χ3n) is 3.99. The number of rotatable bonds is 3. The highest BCUT2D eigenvalue weighted by molar-refractivity contribution is 5.66. The molecule has 2 aromatic rings. The highest BCUT2D eigenvalue weighted by atomic mass is 15.3. The van der Waals surface area contributed by atoms with Crippen LogP contribution in [0.1, 0.15) is 24.1 Å². The van der Waals surface area contributed by atoms with Crippen LogP contribution in [0.25, 0.3) is 11.1 Å². The molecule has 3 nitrogen and oxygen atoms in total. The predicted octanol–water partition coefficient (Wildman–Crippen LogP) is 2.69. The molecule has 3 rings (SSSR count). The second-order valence-corrected chi connectivity index (χ2v) is 5.50. The summed E-state index contributed by atoms with van der Waals surface area (Å²) in [5, 5.41) is 8.02. The topological polar surface area (TPSA) is 29.9 Å². The zero-order valence-electron chi connectivity index (χ0n) is 11.7. The van der Waals surface area contributed by atoms with Gasteiger partial charge in [-0.15, -0.1) is 0 Å². The lowest BCUT2D eigenvalue weighted by Crippen LogP contribution is -2.25. The van der Waals surface area contributed by atoms with Gasteiger partial charge < -0.3 is 5.32 Å². The molecule has 0 amide bonds. The lowest BCUT2D eigenvalue weighted by atomic mass is 10.00. The van der Waals surface area contributed by atoms with Gasteiger partial charge in [0.15, 0.2) is 0 Å². The Hall–Kier alpha value is -1.61. The Morgan fingerprint density at radius 2 is 2.32 bits per heavy atom. The van der Waals surface area contributed by atoms with E-state index in [1.54, 1.807) is 0 Å². The van der Waals surface area contributed by atoms with E-state index < -0.39 is 0 Å². The maximum absolute atomic E-state index is 4.45. The minimum Gasteiger partial charge on any atom is -0.314 e. The van der Waals surface area contributed by atoms with Crippen LogP contribution >= 0.6 is 0 Å². The maximum atomic E-state index is 4.45. The Bertz CT molecular complexity index is 565. The summed E-state index contributed by atoms with van der Waals surface area (Å²) in [7, 11) is 2.05. The summed E-state index contributed by atoms with van der Waals surface area (Å²) in [6, 6.07) is 9.28. The van der Waals surface area contributed by atoms with Crippen LogP contribution in [0.5, 0.6) is 0 Å². The van der Waals surface area contributed by atoms with Crippen molar-refractivity contribution in [2.24, 2.45) is 7.05 Å². The van der Waals surface area contributed by atoms with E-state index in [1.807, 2.05) is 17.9 Å². The van der Waals surface area contributed by atoms with Gasteiger partial charge in [-0.05, 0) is 31.9 Å². The van der Waals surface area contributed by atoms with Crippen LogP contribution in [-0.4, -0.2) is 22.4 Å². The van der Waals surface area contributed by atoms with E-state index in [2.05, 4.69) is 41.6 Å². The van der Waals surface area contributed by atoms with Crippen LogP contribution in [0.3, 0.4) is 0 Å². The molecular weight excluding hydrogens is 234 g/mol. The van der Waals surface area contributed by atoms with Crippen molar-refractivity contribution >= 4 is 0 Å². The fourth-order valence-electron chi connectivity index (χ4n) is 2.92. The number of aryl methyl sites for hydroxylation is 2. The SMILES string of the molecule is Cc1cccc(-c2cnn(C)c2CC2CCCN2)c1. The summed E-state index contributed by atoms with van der Waals surface area (Å²) >= 11 is 0. The minimum absolute atomic E-state index is 0.610. The number of benzene rings is 1. The van der Waals surface area contributed by atoms with Crippen LogP contribution < -0.4 is 5.32 Å². The summed E-state index contributed by atoms with van der Waals surface area (Å²) in [4.78, 5) is 0. The maximum Gasteiger partial charge on any atom is 0.0571 e. The van der Waals surface area contributed by atoms with Gasteiger partial charge in [-0.25, -0.2) is 0 Å². The second kappa shape index (κ2) is 5.17. The Balaban J connectivity index is 1.93. The molecule has 100 valence electrons. The van der Waals surface area contributed by atoms with Gasteiger partial charge in [0.25, 0.3) is 0 Å². The van der Waals surface area contributed by atoms with Crippen LogP contribution in [0, 0.1) is 6.92 Å². The average Bonchev–Trinajstić information content (AvgIpc) is 3.01. The molecule has 1 N–H and O–H groups in total. The van der Waals surface area contributed by atoms with Gasteiger partial charge in [-0.3, -0.25) is 4.68 Å². The lowest BCUT2D eigenvalue weighted by molar-refractivity contribution is 0.571. The zero-order chi connectivity index (χ0) is 13.2. The van der Waals surface area contributed by atoms with Crippen molar-refractivity contribution in [2.75, 3.05) is 6.54 Å². The quantitative estimate of drug-likeness (QED) is 0.914. The molecule has 0 saturated carbocycles. The Morgan fingerprint density at radius 1 is 1.42 bits per heavy atom. The molecule has 1 unspecified atom stereocenters. The molecule has 0 spiro atoms. The zero-order valence-corrected chi connectivity index (χ0v) is 11.7. The number of hydrogen-bond acceptors (Lipinski definition) is 2. The third kappa shape index (κ3) is 2.56. The molecule has 1 atom stereocenters. The van der Waals surface area contributed by atoms with E-state index in [1.165, 1.54) is 35.2 Å². The van der Waals surface area contributed by atoms with Crippen LogP contribution in [0.4, 0.5) is 0 Å². The third-order valence-corrected chi connectivity index (χ3v) is 3.99. The Morgan fingerprint density at radius 3 is 3.05 bits per heavy atom. The first-order valence-electron chi connectivity index (χ1n) is 7.05. The molecule has 19 heavy (non-hydrogen) atoms. The van der Waals surface area contributed by atoms with Crippen molar-refractivity contribution in [1.29, 1.82) is 0 Å². The Kier molecular flexibility index (Phi) is 3.38. The van der Waals surface area contributed by atoms with E-state index in [-0.39, 0.29) is 0 Å². The number of nitrogens with zero attached hydrogens (tertiary/aromatic N) is 2. The second-order valence-electron chi connectivity index (χ2n) is 5.50. The molecule has 1 aromatic carbocycles. The van der Waals surface area contributed by atoms with Crippen LogP contribution in [0.2, 0.25) is 0 Å². The van der Waals surface area contributed by atoms with Gasteiger partial charge in [0, 0.05) is 30.8 Å². The van der Waals surface area contributed by atoms with Gasteiger partial charge >= 0.3 is 0 Å². The van der Waals surface area contributed by atoms with Crippen molar-refractivity contribution in [3.63, 3.8) is 0 Å². The van der Waals surface area contributed by atoms with Crippen LogP contribution in [-0.2, 0) is 13.5 Å². The van der Waals surface area contributed by atoms with Gasteiger partial charge in [0.05, 0.1) is 6.20 Å². The molecule has 3 heteroatoms. The smallest absolute Gasteiger partial charge is 0.0571 e. The molecule has 0 bridgehead atoms. The fourth-order valence-corrected chi connectivity index (χ4v) is 2.92. The first kappa shape index (κ1) is 12.4.